The van der Waals surface area contributed by atoms with Gasteiger partial charge < -0.3 is 10.6 Å². The van der Waals surface area contributed by atoms with E-state index >= 15 is 0 Å². The molecule has 0 unspecified atom stereocenters. The van der Waals surface area contributed by atoms with Gasteiger partial charge in [-0.2, -0.15) is 18.3 Å². The molecule has 2 heterocycles. The maximum absolute atomic E-state index is 13.3. The van der Waals surface area contributed by atoms with Crippen LogP contribution in [-0.4, -0.2) is 39.7 Å². The van der Waals surface area contributed by atoms with E-state index in [-0.39, 0.29) is 29.8 Å². The smallest absolute Gasteiger partial charge is 0.337 e. The molecule has 152 valence electrons. The van der Waals surface area contributed by atoms with Gasteiger partial charge in [-0.25, -0.2) is 4.68 Å². The van der Waals surface area contributed by atoms with Crippen LogP contribution in [-0.2, 0) is 6.18 Å². The third-order valence-corrected chi connectivity index (χ3v) is 4.57. The summed E-state index contributed by atoms with van der Waals surface area (Å²) in [6.45, 7) is 2.23. The van der Waals surface area contributed by atoms with Crippen molar-refractivity contribution in [2.45, 2.75) is 32.0 Å². The predicted octanol–water partition coefficient (Wildman–Crippen LogP) is 2.54. The number of piperidine rings is 1. The number of benzene rings is 1. The summed E-state index contributed by atoms with van der Waals surface area (Å²) < 4.78 is 41.0. The van der Waals surface area contributed by atoms with E-state index < -0.39 is 28.8 Å². The molecular formula is C18H20ClF3N4O2. The van der Waals surface area contributed by atoms with Gasteiger partial charge in [0, 0.05) is 30.9 Å². The number of carbonyl (C=O) groups is 1. The Morgan fingerprint density at radius 2 is 1.82 bits per heavy atom. The van der Waals surface area contributed by atoms with Crippen LogP contribution >= 0.6 is 12.4 Å². The van der Waals surface area contributed by atoms with Crippen LogP contribution in [0.5, 0.6) is 0 Å². The van der Waals surface area contributed by atoms with Crippen molar-refractivity contribution in [3.8, 4) is 5.69 Å². The van der Waals surface area contributed by atoms with Crippen molar-refractivity contribution >= 4 is 18.3 Å². The first kappa shape index (κ1) is 21.9. The molecule has 0 radical (unpaired) electrons. The van der Waals surface area contributed by atoms with Gasteiger partial charge in [0.05, 0.1) is 11.3 Å². The van der Waals surface area contributed by atoms with E-state index in [1.165, 1.54) is 30.0 Å². The Balaban J connectivity index is 0.00000280. The SMILES string of the molecule is Cc1cc(=O)c(C(=O)N2CCC(N)CC2)nn1-c1ccccc1C(F)(F)F.Cl. The molecule has 3 rings (SSSR count). The van der Waals surface area contributed by atoms with Crippen LogP contribution < -0.4 is 11.2 Å². The van der Waals surface area contributed by atoms with Gasteiger partial charge in [-0.15, -0.1) is 12.4 Å². The number of aryl methyl sites for hydroxylation is 1. The zero-order valence-electron chi connectivity index (χ0n) is 15.1. The average Bonchev–Trinajstić information content (AvgIpc) is 2.61. The molecule has 0 aliphatic carbocycles. The Morgan fingerprint density at radius 3 is 2.43 bits per heavy atom. The highest BCUT2D eigenvalue weighted by Gasteiger charge is 2.34. The van der Waals surface area contributed by atoms with E-state index in [9.17, 15) is 22.8 Å². The van der Waals surface area contributed by atoms with E-state index in [4.69, 9.17) is 5.73 Å². The van der Waals surface area contributed by atoms with E-state index in [0.29, 0.717) is 25.9 Å². The van der Waals surface area contributed by atoms with Gasteiger partial charge in [0.2, 0.25) is 5.43 Å². The Morgan fingerprint density at radius 1 is 1.21 bits per heavy atom. The molecule has 28 heavy (non-hydrogen) atoms. The largest absolute Gasteiger partial charge is 0.418 e. The van der Waals surface area contributed by atoms with Gasteiger partial charge in [-0.1, -0.05) is 12.1 Å². The normalized spacial score (nSPS) is 15.2. The molecule has 2 N–H and O–H groups in total. The number of nitrogens with two attached hydrogens (primary N) is 1. The van der Waals surface area contributed by atoms with Crippen molar-refractivity contribution in [2.24, 2.45) is 5.73 Å². The fourth-order valence-corrected chi connectivity index (χ4v) is 3.09. The number of aromatic nitrogens is 2. The van der Waals surface area contributed by atoms with Crippen molar-refractivity contribution in [2.75, 3.05) is 13.1 Å². The zero-order chi connectivity index (χ0) is 19.8. The minimum Gasteiger partial charge on any atom is -0.337 e. The average molecular weight is 417 g/mol. The lowest BCUT2D eigenvalue weighted by atomic mass is 10.1. The summed E-state index contributed by atoms with van der Waals surface area (Å²) in [5, 5.41) is 3.99. The monoisotopic (exact) mass is 416 g/mol. The van der Waals surface area contributed by atoms with Gasteiger partial charge in [-0.05, 0) is 31.9 Å². The number of alkyl halides is 3. The standard InChI is InChI=1S/C18H19F3N4O2.ClH/c1-11-10-15(26)16(17(27)24-8-6-12(22)7-9-24)23-25(11)14-5-3-2-4-13(14)18(19,20)21;/h2-5,10,12H,6-9,22H2,1H3;1H. The van der Waals surface area contributed by atoms with E-state index in [0.717, 1.165) is 16.8 Å². The van der Waals surface area contributed by atoms with E-state index in [2.05, 4.69) is 5.10 Å². The molecule has 2 aromatic rings. The summed E-state index contributed by atoms with van der Waals surface area (Å²) >= 11 is 0. The van der Waals surface area contributed by atoms with Crippen molar-refractivity contribution in [1.29, 1.82) is 0 Å². The molecule has 1 fully saturated rings. The molecule has 1 aliphatic rings. The van der Waals surface area contributed by atoms with Crippen molar-refractivity contribution in [1.82, 2.24) is 14.7 Å². The van der Waals surface area contributed by atoms with Gasteiger partial charge in [0.1, 0.15) is 0 Å². The number of nitrogens with zero attached hydrogens (tertiary/aromatic N) is 3. The Hall–Kier alpha value is -2.39. The van der Waals surface area contributed by atoms with Crippen LogP contribution in [0.2, 0.25) is 0 Å². The lowest BCUT2D eigenvalue weighted by Gasteiger charge is -2.29. The number of carbonyl (C=O) groups excluding carboxylic acids is 1. The molecule has 1 aromatic carbocycles. The summed E-state index contributed by atoms with van der Waals surface area (Å²) in [4.78, 5) is 26.4. The molecule has 1 aliphatic heterocycles. The summed E-state index contributed by atoms with van der Waals surface area (Å²) in [5.41, 5.74) is 3.87. The molecule has 10 heteroatoms. The highest BCUT2D eigenvalue weighted by molar-refractivity contribution is 5.92. The highest BCUT2D eigenvalue weighted by Crippen LogP contribution is 2.33. The topological polar surface area (TPSA) is 81.2 Å². The number of para-hydroxylation sites is 1. The van der Waals surface area contributed by atoms with Crippen LogP contribution in [0.15, 0.2) is 35.1 Å². The lowest BCUT2D eigenvalue weighted by Crippen LogP contribution is -2.44. The quantitative estimate of drug-likeness (QED) is 0.815. The maximum atomic E-state index is 13.3. The zero-order valence-corrected chi connectivity index (χ0v) is 15.9. The van der Waals surface area contributed by atoms with E-state index in [1.54, 1.807) is 0 Å². The van der Waals surface area contributed by atoms with Crippen molar-refractivity contribution < 1.29 is 18.0 Å². The van der Waals surface area contributed by atoms with Gasteiger partial charge >= 0.3 is 6.18 Å². The molecule has 1 aromatic heterocycles. The molecule has 6 nitrogen and oxygen atoms in total. The minimum atomic E-state index is -4.60. The number of hydrogen-bond donors (Lipinski definition) is 1. The molecule has 0 saturated carbocycles. The third-order valence-electron chi connectivity index (χ3n) is 4.57. The van der Waals surface area contributed by atoms with Gasteiger partial charge in [0.15, 0.2) is 5.69 Å². The number of hydrogen-bond acceptors (Lipinski definition) is 4. The fourth-order valence-electron chi connectivity index (χ4n) is 3.09. The summed E-state index contributed by atoms with van der Waals surface area (Å²) in [7, 11) is 0. The fraction of sp³-hybridized carbons (Fsp3) is 0.389. The Kier molecular flexibility index (Phi) is 6.51. The third kappa shape index (κ3) is 4.36. The second-order valence-corrected chi connectivity index (χ2v) is 6.55. The number of likely N-dealkylation sites (tertiary alicyclic amines) is 1. The highest BCUT2D eigenvalue weighted by atomic mass is 35.5. The number of amides is 1. The number of rotatable bonds is 2. The molecule has 0 atom stereocenters. The summed E-state index contributed by atoms with van der Waals surface area (Å²) in [6, 6.07) is 6.02. The summed E-state index contributed by atoms with van der Waals surface area (Å²) in [5.74, 6) is -0.592. The molecular weight excluding hydrogens is 397 g/mol. The predicted molar refractivity (Wildman–Crippen MR) is 99.9 cm³/mol. The second-order valence-electron chi connectivity index (χ2n) is 6.55. The van der Waals surface area contributed by atoms with E-state index in [1.807, 2.05) is 0 Å². The molecule has 1 saturated heterocycles. The first-order chi connectivity index (χ1) is 12.7. The summed E-state index contributed by atoms with van der Waals surface area (Å²) in [6.07, 6.45) is -3.40. The van der Waals surface area contributed by atoms with Gasteiger partial charge in [0.25, 0.3) is 5.91 Å². The molecule has 0 spiro atoms. The van der Waals surface area contributed by atoms with Crippen LogP contribution in [0.4, 0.5) is 13.2 Å². The minimum absolute atomic E-state index is 0. The lowest BCUT2D eigenvalue weighted by molar-refractivity contribution is -0.137. The van der Waals surface area contributed by atoms with Crippen molar-refractivity contribution in [3.05, 3.63) is 57.5 Å². The second kappa shape index (κ2) is 8.32. The Bertz CT molecular complexity index is 922. The van der Waals surface area contributed by atoms with Crippen LogP contribution in [0.3, 0.4) is 0 Å². The number of halogens is 4. The Labute approximate surface area is 165 Å². The van der Waals surface area contributed by atoms with Gasteiger partial charge in [-0.3, -0.25) is 9.59 Å². The van der Waals surface area contributed by atoms with Crippen LogP contribution in [0.1, 0.15) is 34.6 Å². The molecule has 1 amide bonds. The van der Waals surface area contributed by atoms with Crippen molar-refractivity contribution in [3.63, 3.8) is 0 Å². The first-order valence-electron chi connectivity index (χ1n) is 8.51. The van der Waals surface area contributed by atoms with Crippen LogP contribution in [0, 0.1) is 6.92 Å². The maximum Gasteiger partial charge on any atom is 0.418 e. The van der Waals surface area contributed by atoms with Crippen LogP contribution in [0.25, 0.3) is 5.69 Å². The first-order valence-corrected chi connectivity index (χ1v) is 8.51. The molecule has 0 bridgehead atoms.